The molecule has 0 bridgehead atoms. The molecule has 1 aliphatic carbocycles. The van der Waals surface area contributed by atoms with Crippen LogP contribution in [0.15, 0.2) is 0 Å². The van der Waals surface area contributed by atoms with Crippen LogP contribution in [0.3, 0.4) is 0 Å². The van der Waals surface area contributed by atoms with Crippen LogP contribution in [0.25, 0.3) is 0 Å². The maximum absolute atomic E-state index is 4.85. The molecule has 1 heterocycles. The Labute approximate surface area is 130 Å². The van der Waals surface area contributed by atoms with Crippen LogP contribution < -0.4 is 5.32 Å². The number of rotatable bonds is 5. The maximum Gasteiger partial charge on any atom is 0.134 e. The van der Waals surface area contributed by atoms with Gasteiger partial charge in [0.25, 0.3) is 0 Å². The molecule has 0 unspecified atom stereocenters. The summed E-state index contributed by atoms with van der Waals surface area (Å²) >= 11 is 0. The first-order valence-electron chi connectivity index (χ1n) is 8.62. The van der Waals surface area contributed by atoms with Crippen molar-refractivity contribution in [3.63, 3.8) is 0 Å². The van der Waals surface area contributed by atoms with Gasteiger partial charge in [0, 0.05) is 24.2 Å². The minimum absolute atomic E-state index is 0.460. The molecule has 0 spiro atoms. The highest BCUT2D eigenvalue weighted by Crippen LogP contribution is 2.37. The minimum atomic E-state index is 0.460. The largest absolute Gasteiger partial charge is 0.373 e. The normalized spacial score (nSPS) is 22.6. The molecule has 21 heavy (non-hydrogen) atoms. The van der Waals surface area contributed by atoms with Gasteiger partial charge in [-0.1, -0.05) is 33.6 Å². The fourth-order valence-electron chi connectivity index (χ4n) is 3.79. The summed E-state index contributed by atoms with van der Waals surface area (Å²) < 4.78 is 0. The molecule has 1 fully saturated rings. The van der Waals surface area contributed by atoms with Crippen LogP contribution in [0, 0.1) is 12.8 Å². The smallest absolute Gasteiger partial charge is 0.134 e. The molecule has 1 aromatic rings. The zero-order chi connectivity index (χ0) is 15.4. The molecule has 3 heteroatoms. The lowest BCUT2D eigenvalue weighted by atomic mass is 9.79. The van der Waals surface area contributed by atoms with E-state index in [0.29, 0.717) is 11.8 Å². The van der Waals surface area contributed by atoms with Crippen LogP contribution >= 0.6 is 0 Å². The van der Waals surface area contributed by atoms with Crippen molar-refractivity contribution in [1.82, 2.24) is 9.97 Å². The van der Waals surface area contributed by atoms with E-state index in [9.17, 15) is 0 Å². The van der Waals surface area contributed by atoms with Crippen molar-refractivity contribution in [3.05, 3.63) is 17.1 Å². The molecule has 0 radical (unpaired) electrons. The Hall–Kier alpha value is -1.12. The molecule has 0 atom stereocenters. The number of hydrogen-bond donors (Lipinski definition) is 1. The summed E-state index contributed by atoms with van der Waals surface area (Å²) in [6, 6.07) is 0. The number of nitrogens with zero attached hydrogens (tertiary/aromatic N) is 2. The number of nitrogens with one attached hydrogen (secondary N) is 1. The van der Waals surface area contributed by atoms with Crippen molar-refractivity contribution in [3.8, 4) is 0 Å². The fraction of sp³-hybridized carbons (Fsp3) is 0.778. The van der Waals surface area contributed by atoms with Crippen LogP contribution in [0.1, 0.15) is 88.2 Å². The van der Waals surface area contributed by atoms with Gasteiger partial charge in [0.05, 0.1) is 0 Å². The Balaban J connectivity index is 2.16. The van der Waals surface area contributed by atoms with Gasteiger partial charge >= 0.3 is 0 Å². The van der Waals surface area contributed by atoms with Crippen LogP contribution in [0.2, 0.25) is 0 Å². The Kier molecular flexibility index (Phi) is 5.60. The standard InChI is InChI=1S/C18H31N3/c1-6-7-14-8-10-15(11-9-14)17-20-13(4)16(12(2)3)18(19-5)21-17/h12,14-15H,6-11H2,1-5H3,(H,19,20,21). The van der Waals surface area contributed by atoms with E-state index in [2.05, 4.69) is 33.0 Å². The van der Waals surface area contributed by atoms with Crippen molar-refractivity contribution >= 4 is 5.82 Å². The van der Waals surface area contributed by atoms with E-state index in [1.54, 1.807) is 0 Å². The number of anilines is 1. The molecule has 0 saturated heterocycles. The second-order valence-electron chi connectivity index (χ2n) is 6.84. The molecule has 1 N–H and O–H groups in total. The lowest BCUT2D eigenvalue weighted by Gasteiger charge is -2.28. The summed E-state index contributed by atoms with van der Waals surface area (Å²) in [6.07, 6.45) is 7.92. The van der Waals surface area contributed by atoms with Crippen LogP contribution in [-0.4, -0.2) is 17.0 Å². The second-order valence-corrected chi connectivity index (χ2v) is 6.84. The van der Waals surface area contributed by atoms with Gasteiger partial charge < -0.3 is 5.32 Å². The lowest BCUT2D eigenvalue weighted by Crippen LogP contribution is -2.17. The Morgan fingerprint density at radius 1 is 1.14 bits per heavy atom. The predicted octanol–water partition coefficient (Wildman–Crippen LogP) is 5.02. The van der Waals surface area contributed by atoms with Gasteiger partial charge in [-0.2, -0.15) is 0 Å². The molecular formula is C18H31N3. The summed E-state index contributed by atoms with van der Waals surface area (Å²) in [5, 5.41) is 3.28. The first kappa shape index (κ1) is 16.3. The zero-order valence-corrected chi connectivity index (χ0v) is 14.4. The first-order valence-corrected chi connectivity index (χ1v) is 8.62. The van der Waals surface area contributed by atoms with E-state index >= 15 is 0 Å². The van der Waals surface area contributed by atoms with E-state index in [-0.39, 0.29) is 0 Å². The van der Waals surface area contributed by atoms with E-state index in [1.807, 2.05) is 7.05 Å². The van der Waals surface area contributed by atoms with Crippen LogP contribution in [0.4, 0.5) is 5.82 Å². The Bertz CT molecular complexity index is 460. The Morgan fingerprint density at radius 2 is 1.81 bits per heavy atom. The highest BCUT2D eigenvalue weighted by atomic mass is 15.0. The van der Waals surface area contributed by atoms with Gasteiger partial charge in [-0.15, -0.1) is 0 Å². The summed E-state index contributed by atoms with van der Waals surface area (Å²) in [5.74, 6) is 4.05. The summed E-state index contributed by atoms with van der Waals surface area (Å²) in [4.78, 5) is 9.69. The monoisotopic (exact) mass is 289 g/mol. The highest BCUT2D eigenvalue weighted by molar-refractivity contribution is 5.48. The average Bonchev–Trinajstić information content (AvgIpc) is 2.47. The molecule has 1 saturated carbocycles. The lowest BCUT2D eigenvalue weighted by molar-refractivity contribution is 0.302. The molecule has 1 aliphatic rings. The minimum Gasteiger partial charge on any atom is -0.373 e. The van der Waals surface area contributed by atoms with Gasteiger partial charge in [0.15, 0.2) is 0 Å². The first-order chi connectivity index (χ1) is 10.1. The third-order valence-corrected chi connectivity index (χ3v) is 4.88. The summed E-state index contributed by atoms with van der Waals surface area (Å²) in [7, 11) is 1.97. The van der Waals surface area contributed by atoms with Crippen molar-refractivity contribution in [1.29, 1.82) is 0 Å². The SMILES string of the molecule is CCCC1CCC(c2nc(C)c(C(C)C)c(NC)n2)CC1. The van der Waals surface area contributed by atoms with Gasteiger partial charge in [-0.05, 0) is 44.4 Å². The third-order valence-electron chi connectivity index (χ3n) is 4.88. The predicted molar refractivity (Wildman–Crippen MR) is 90.0 cm³/mol. The summed E-state index contributed by atoms with van der Waals surface area (Å²) in [5.41, 5.74) is 2.41. The van der Waals surface area contributed by atoms with Gasteiger partial charge in [0.1, 0.15) is 11.6 Å². The molecule has 0 aliphatic heterocycles. The second kappa shape index (κ2) is 7.24. The van der Waals surface area contributed by atoms with E-state index < -0.39 is 0 Å². The molecule has 3 nitrogen and oxygen atoms in total. The Morgan fingerprint density at radius 3 is 2.33 bits per heavy atom. The quantitative estimate of drug-likeness (QED) is 0.826. The molecule has 0 amide bonds. The van der Waals surface area contributed by atoms with Crippen LogP contribution in [-0.2, 0) is 0 Å². The number of aryl methyl sites for hydroxylation is 1. The molecule has 2 rings (SSSR count). The number of aromatic nitrogens is 2. The van der Waals surface area contributed by atoms with Gasteiger partial charge in [-0.25, -0.2) is 9.97 Å². The van der Waals surface area contributed by atoms with E-state index in [4.69, 9.17) is 9.97 Å². The zero-order valence-electron chi connectivity index (χ0n) is 14.4. The third kappa shape index (κ3) is 3.75. The van der Waals surface area contributed by atoms with E-state index in [0.717, 1.165) is 23.3 Å². The molecule has 1 aromatic heterocycles. The highest BCUT2D eigenvalue weighted by Gasteiger charge is 2.25. The summed E-state index contributed by atoms with van der Waals surface area (Å²) in [6.45, 7) is 8.84. The molecule has 118 valence electrons. The maximum atomic E-state index is 4.85. The average molecular weight is 289 g/mol. The van der Waals surface area contributed by atoms with Crippen molar-refractivity contribution in [2.24, 2.45) is 5.92 Å². The number of hydrogen-bond acceptors (Lipinski definition) is 3. The fourth-order valence-corrected chi connectivity index (χ4v) is 3.79. The topological polar surface area (TPSA) is 37.8 Å². The van der Waals surface area contributed by atoms with Crippen molar-refractivity contribution in [2.75, 3.05) is 12.4 Å². The van der Waals surface area contributed by atoms with Gasteiger partial charge in [0.2, 0.25) is 0 Å². The molecule has 0 aromatic carbocycles. The van der Waals surface area contributed by atoms with Crippen LogP contribution in [0.5, 0.6) is 0 Å². The van der Waals surface area contributed by atoms with Gasteiger partial charge in [-0.3, -0.25) is 0 Å². The van der Waals surface area contributed by atoms with Crippen molar-refractivity contribution in [2.45, 2.75) is 78.1 Å². The van der Waals surface area contributed by atoms with E-state index in [1.165, 1.54) is 44.1 Å². The molecular weight excluding hydrogens is 258 g/mol. The van der Waals surface area contributed by atoms with Crippen molar-refractivity contribution < 1.29 is 0 Å².